The van der Waals surface area contributed by atoms with Crippen molar-refractivity contribution in [3.63, 3.8) is 0 Å². The van der Waals surface area contributed by atoms with Gasteiger partial charge in [-0.3, -0.25) is 24.2 Å². The minimum absolute atomic E-state index is 0.0255. The SMILES string of the molecule is CC(C)C(=O)Nc1ccc(-c2ccc(C(CN3CCOCC3)N(C)C(=O)CN3C(=O)COc4cc(Cl)c(Cl)cc43)cc2)cc1. The molecule has 0 aromatic heterocycles. The lowest BCUT2D eigenvalue weighted by atomic mass is 9.99. The van der Waals surface area contributed by atoms with Crippen LogP contribution in [0, 0.1) is 5.92 Å². The minimum atomic E-state index is -0.332. The maximum absolute atomic E-state index is 13.8. The number of nitrogens with zero attached hydrogens (tertiary/aromatic N) is 3. The Labute approximate surface area is 267 Å². The number of anilines is 2. The summed E-state index contributed by atoms with van der Waals surface area (Å²) in [5.74, 6) is -0.270. The quantitative estimate of drug-likeness (QED) is 0.332. The van der Waals surface area contributed by atoms with Gasteiger partial charge in [0.25, 0.3) is 5.91 Å². The Morgan fingerprint density at radius 3 is 2.20 bits per heavy atom. The Balaban J connectivity index is 1.35. The lowest BCUT2D eigenvalue weighted by Crippen LogP contribution is -2.48. The fraction of sp³-hybridized carbons (Fsp3) is 0.364. The van der Waals surface area contributed by atoms with E-state index in [0.717, 1.165) is 35.5 Å². The van der Waals surface area contributed by atoms with Crippen LogP contribution in [-0.4, -0.2) is 80.6 Å². The van der Waals surface area contributed by atoms with Crippen LogP contribution < -0.4 is 15.0 Å². The van der Waals surface area contributed by atoms with Crippen LogP contribution >= 0.6 is 23.2 Å². The van der Waals surface area contributed by atoms with E-state index in [9.17, 15) is 14.4 Å². The summed E-state index contributed by atoms with van der Waals surface area (Å²) in [6, 6.07) is 18.7. The van der Waals surface area contributed by atoms with Crippen molar-refractivity contribution in [3.8, 4) is 16.9 Å². The van der Waals surface area contributed by atoms with Crippen molar-refractivity contribution in [2.45, 2.75) is 19.9 Å². The number of amides is 3. The van der Waals surface area contributed by atoms with Crippen molar-refractivity contribution >= 4 is 52.3 Å². The molecule has 44 heavy (non-hydrogen) atoms. The molecule has 0 bridgehead atoms. The van der Waals surface area contributed by atoms with Gasteiger partial charge in [-0.05, 0) is 34.9 Å². The third kappa shape index (κ3) is 7.35. The molecule has 1 N–H and O–H groups in total. The molecule has 2 aliphatic rings. The van der Waals surface area contributed by atoms with Crippen molar-refractivity contribution in [1.29, 1.82) is 0 Å². The third-order valence-corrected chi connectivity index (χ3v) is 8.66. The molecular weight excluding hydrogens is 603 g/mol. The second-order valence-electron chi connectivity index (χ2n) is 11.3. The topological polar surface area (TPSA) is 91.4 Å². The van der Waals surface area contributed by atoms with Crippen LogP contribution in [0.2, 0.25) is 10.0 Å². The molecule has 1 fully saturated rings. The molecule has 1 saturated heterocycles. The molecule has 11 heteroatoms. The average Bonchev–Trinajstić information content (AvgIpc) is 3.03. The van der Waals surface area contributed by atoms with Crippen molar-refractivity contribution in [3.05, 3.63) is 76.3 Å². The van der Waals surface area contributed by atoms with E-state index >= 15 is 0 Å². The van der Waals surface area contributed by atoms with Gasteiger partial charge in [-0.15, -0.1) is 0 Å². The zero-order valence-electron chi connectivity index (χ0n) is 25.0. The molecule has 2 heterocycles. The molecule has 9 nitrogen and oxygen atoms in total. The first-order valence-corrected chi connectivity index (χ1v) is 15.4. The number of likely N-dealkylation sites (N-methyl/N-ethyl adjacent to an activating group) is 1. The summed E-state index contributed by atoms with van der Waals surface area (Å²) in [5, 5.41) is 3.50. The van der Waals surface area contributed by atoms with Crippen LogP contribution in [0.1, 0.15) is 25.5 Å². The highest BCUT2D eigenvalue weighted by molar-refractivity contribution is 6.42. The summed E-state index contributed by atoms with van der Waals surface area (Å²) in [6.07, 6.45) is 0. The van der Waals surface area contributed by atoms with Crippen molar-refractivity contribution in [2.75, 3.05) is 63.3 Å². The lowest BCUT2D eigenvalue weighted by Gasteiger charge is -2.37. The maximum atomic E-state index is 13.8. The van der Waals surface area contributed by atoms with Gasteiger partial charge in [-0.2, -0.15) is 0 Å². The number of fused-ring (bicyclic) bond motifs is 1. The number of hydrogen-bond acceptors (Lipinski definition) is 6. The maximum Gasteiger partial charge on any atom is 0.265 e. The molecule has 0 spiro atoms. The van der Waals surface area contributed by atoms with E-state index < -0.39 is 0 Å². The normalized spacial score (nSPS) is 15.9. The third-order valence-electron chi connectivity index (χ3n) is 7.94. The highest BCUT2D eigenvalue weighted by atomic mass is 35.5. The highest BCUT2D eigenvalue weighted by Gasteiger charge is 2.32. The predicted octanol–water partition coefficient (Wildman–Crippen LogP) is 5.51. The second kappa shape index (κ2) is 14.0. The first-order chi connectivity index (χ1) is 21.1. The number of nitrogens with one attached hydrogen (secondary N) is 1. The van der Waals surface area contributed by atoms with E-state index in [1.165, 1.54) is 4.90 Å². The highest BCUT2D eigenvalue weighted by Crippen LogP contribution is 2.39. The van der Waals surface area contributed by atoms with Gasteiger partial charge in [0.15, 0.2) is 6.61 Å². The Bertz CT molecular complexity index is 1510. The van der Waals surface area contributed by atoms with Crippen LogP contribution in [0.5, 0.6) is 5.75 Å². The van der Waals surface area contributed by atoms with Crippen LogP contribution in [0.3, 0.4) is 0 Å². The van der Waals surface area contributed by atoms with Gasteiger partial charge in [-0.25, -0.2) is 0 Å². The molecular formula is C33H36Cl2N4O5. The van der Waals surface area contributed by atoms with E-state index in [1.54, 1.807) is 24.1 Å². The second-order valence-corrected chi connectivity index (χ2v) is 12.1. The zero-order valence-corrected chi connectivity index (χ0v) is 26.5. The number of hydrogen-bond donors (Lipinski definition) is 1. The number of halogens is 2. The molecule has 5 rings (SSSR count). The Morgan fingerprint density at radius 1 is 0.955 bits per heavy atom. The fourth-order valence-corrected chi connectivity index (χ4v) is 5.51. The molecule has 3 aromatic rings. The standard InChI is InChI=1S/C33H36Cl2N4O5/c1-21(2)33(42)36-25-10-8-23(9-11-25)22-4-6-24(7-5-22)29(18-38-12-14-43-15-13-38)37(3)31(40)19-39-28-16-26(34)27(35)17-30(28)44-20-32(39)41/h4-11,16-17,21,29H,12-15,18-20H2,1-3H3,(H,36,42). The zero-order chi connectivity index (χ0) is 31.4. The molecule has 1 atom stereocenters. The number of benzene rings is 3. The number of rotatable bonds is 9. The summed E-state index contributed by atoms with van der Waals surface area (Å²) < 4.78 is 11.1. The smallest absolute Gasteiger partial charge is 0.265 e. The summed E-state index contributed by atoms with van der Waals surface area (Å²) in [5.41, 5.74) is 4.17. The van der Waals surface area contributed by atoms with E-state index in [0.29, 0.717) is 36.2 Å². The first-order valence-electron chi connectivity index (χ1n) is 14.6. The number of carbonyl (C=O) groups excluding carboxylic acids is 3. The largest absolute Gasteiger partial charge is 0.482 e. The summed E-state index contributed by atoms with van der Waals surface area (Å²) in [4.78, 5) is 44.1. The van der Waals surface area contributed by atoms with E-state index in [-0.39, 0.29) is 47.9 Å². The van der Waals surface area contributed by atoms with Crippen molar-refractivity contribution < 1.29 is 23.9 Å². The van der Waals surface area contributed by atoms with Gasteiger partial charge in [0.1, 0.15) is 12.3 Å². The molecule has 3 amide bonds. The van der Waals surface area contributed by atoms with Gasteiger partial charge < -0.3 is 19.7 Å². The average molecular weight is 640 g/mol. The van der Waals surface area contributed by atoms with Crippen LogP contribution in [0.25, 0.3) is 11.1 Å². The fourth-order valence-electron chi connectivity index (χ4n) is 5.20. The molecule has 0 radical (unpaired) electrons. The van der Waals surface area contributed by atoms with Gasteiger partial charge in [-0.1, -0.05) is 73.4 Å². The van der Waals surface area contributed by atoms with Crippen LogP contribution in [-0.2, 0) is 19.1 Å². The van der Waals surface area contributed by atoms with Crippen LogP contribution in [0.15, 0.2) is 60.7 Å². The summed E-state index contributed by atoms with van der Waals surface area (Å²) >= 11 is 12.4. The molecule has 0 saturated carbocycles. The molecule has 232 valence electrons. The molecule has 3 aromatic carbocycles. The Hall–Kier alpha value is -3.63. The first kappa shape index (κ1) is 31.8. The molecule has 0 aliphatic carbocycles. The van der Waals surface area contributed by atoms with E-state index in [2.05, 4.69) is 10.2 Å². The Morgan fingerprint density at radius 2 is 1.57 bits per heavy atom. The van der Waals surface area contributed by atoms with E-state index in [4.69, 9.17) is 32.7 Å². The summed E-state index contributed by atoms with van der Waals surface area (Å²) in [7, 11) is 1.77. The van der Waals surface area contributed by atoms with Gasteiger partial charge in [0.2, 0.25) is 11.8 Å². The molecule has 2 aliphatic heterocycles. The van der Waals surface area contributed by atoms with E-state index in [1.807, 2.05) is 62.4 Å². The van der Waals surface area contributed by atoms with Crippen molar-refractivity contribution in [2.24, 2.45) is 5.92 Å². The van der Waals surface area contributed by atoms with Gasteiger partial charge in [0.05, 0.1) is 35.0 Å². The van der Waals surface area contributed by atoms with Gasteiger partial charge in [0, 0.05) is 44.4 Å². The van der Waals surface area contributed by atoms with Gasteiger partial charge >= 0.3 is 0 Å². The number of carbonyl (C=O) groups is 3. The Kier molecular flexibility index (Phi) is 10.1. The predicted molar refractivity (Wildman–Crippen MR) is 172 cm³/mol. The van der Waals surface area contributed by atoms with Crippen molar-refractivity contribution in [1.82, 2.24) is 9.80 Å². The lowest BCUT2D eigenvalue weighted by molar-refractivity contribution is -0.133. The van der Waals surface area contributed by atoms with Crippen LogP contribution in [0.4, 0.5) is 11.4 Å². The number of morpholine rings is 1. The number of ether oxygens (including phenoxy) is 2. The molecule has 1 unspecified atom stereocenters. The monoisotopic (exact) mass is 638 g/mol. The minimum Gasteiger partial charge on any atom is -0.482 e. The summed E-state index contributed by atoms with van der Waals surface area (Å²) in [6.45, 7) is 6.79.